The van der Waals surface area contributed by atoms with Gasteiger partial charge in [0.15, 0.2) is 11.5 Å². The van der Waals surface area contributed by atoms with E-state index in [1.54, 1.807) is 0 Å². The first kappa shape index (κ1) is 15.8. The Kier molecular flexibility index (Phi) is 4.35. The van der Waals surface area contributed by atoms with E-state index in [1.807, 2.05) is 36.1 Å². The molecule has 5 heteroatoms. The third-order valence-electron chi connectivity index (χ3n) is 5.40. The molecule has 3 atom stereocenters. The molecule has 0 aliphatic carbocycles. The molecule has 0 aromatic heterocycles. The fourth-order valence-electron chi connectivity index (χ4n) is 4.08. The van der Waals surface area contributed by atoms with E-state index in [2.05, 4.69) is 4.90 Å². The SMILES string of the molecule is C[C@@H]1Oc2ccccc2O[C@@H]1C(=O)N1CC[C@H](CN2CCCC2)C1. The lowest BCUT2D eigenvalue weighted by atomic mass is 10.1. The van der Waals surface area contributed by atoms with Crippen molar-refractivity contribution in [1.82, 2.24) is 9.80 Å². The molecule has 5 nitrogen and oxygen atoms in total. The second kappa shape index (κ2) is 6.63. The van der Waals surface area contributed by atoms with Crippen LogP contribution in [0.4, 0.5) is 0 Å². The summed E-state index contributed by atoms with van der Waals surface area (Å²) in [5.41, 5.74) is 0. The minimum atomic E-state index is -0.537. The van der Waals surface area contributed by atoms with Gasteiger partial charge in [-0.3, -0.25) is 4.79 Å². The van der Waals surface area contributed by atoms with Crippen molar-refractivity contribution in [2.75, 3.05) is 32.7 Å². The molecule has 0 spiro atoms. The van der Waals surface area contributed by atoms with Crippen molar-refractivity contribution in [3.8, 4) is 11.5 Å². The Balaban J connectivity index is 1.37. The lowest BCUT2D eigenvalue weighted by Gasteiger charge is -2.33. The van der Waals surface area contributed by atoms with Gasteiger partial charge in [0, 0.05) is 19.6 Å². The first-order valence-corrected chi connectivity index (χ1v) is 9.14. The Bertz CT molecular complexity index is 600. The normalized spacial score (nSPS) is 29.9. The Hall–Kier alpha value is -1.75. The van der Waals surface area contributed by atoms with Crippen molar-refractivity contribution in [2.24, 2.45) is 5.92 Å². The maximum absolute atomic E-state index is 12.9. The average Bonchev–Trinajstić information content (AvgIpc) is 3.26. The van der Waals surface area contributed by atoms with Gasteiger partial charge >= 0.3 is 0 Å². The lowest BCUT2D eigenvalue weighted by Crippen LogP contribution is -2.50. The summed E-state index contributed by atoms with van der Waals surface area (Å²) in [6.07, 6.45) is 2.94. The van der Waals surface area contributed by atoms with Crippen LogP contribution in [0.3, 0.4) is 0 Å². The van der Waals surface area contributed by atoms with E-state index in [0.29, 0.717) is 11.7 Å². The molecule has 1 aromatic rings. The van der Waals surface area contributed by atoms with Gasteiger partial charge in [0.05, 0.1) is 0 Å². The molecule has 0 unspecified atom stereocenters. The van der Waals surface area contributed by atoms with Crippen molar-refractivity contribution < 1.29 is 14.3 Å². The number of likely N-dealkylation sites (tertiary alicyclic amines) is 2. The highest BCUT2D eigenvalue weighted by Crippen LogP contribution is 2.34. The molecule has 4 rings (SSSR count). The summed E-state index contributed by atoms with van der Waals surface area (Å²) >= 11 is 0. The van der Waals surface area contributed by atoms with Crippen LogP contribution in [-0.4, -0.2) is 60.6 Å². The summed E-state index contributed by atoms with van der Waals surface area (Å²) < 4.78 is 11.8. The smallest absolute Gasteiger partial charge is 0.267 e. The van der Waals surface area contributed by atoms with Crippen molar-refractivity contribution >= 4 is 5.91 Å². The van der Waals surface area contributed by atoms with E-state index < -0.39 is 6.10 Å². The summed E-state index contributed by atoms with van der Waals surface area (Å²) in [6, 6.07) is 7.57. The van der Waals surface area contributed by atoms with Gasteiger partial charge in [-0.05, 0) is 57.3 Å². The molecule has 3 aliphatic rings. The second-order valence-electron chi connectivity index (χ2n) is 7.25. The fourth-order valence-corrected chi connectivity index (χ4v) is 4.08. The van der Waals surface area contributed by atoms with Crippen molar-refractivity contribution in [1.29, 1.82) is 0 Å². The van der Waals surface area contributed by atoms with Crippen LogP contribution in [0.25, 0.3) is 0 Å². The highest BCUT2D eigenvalue weighted by atomic mass is 16.6. The number of hydrogen-bond acceptors (Lipinski definition) is 4. The number of hydrogen-bond donors (Lipinski definition) is 0. The monoisotopic (exact) mass is 330 g/mol. The van der Waals surface area contributed by atoms with E-state index in [4.69, 9.17) is 9.47 Å². The zero-order chi connectivity index (χ0) is 16.5. The van der Waals surface area contributed by atoms with Gasteiger partial charge in [0.2, 0.25) is 6.10 Å². The molecule has 2 fully saturated rings. The zero-order valence-corrected chi connectivity index (χ0v) is 14.3. The third kappa shape index (κ3) is 3.09. The quantitative estimate of drug-likeness (QED) is 0.852. The molecular formula is C19H26N2O3. The van der Waals surface area contributed by atoms with Crippen LogP contribution in [0.2, 0.25) is 0 Å². The number of rotatable bonds is 3. The first-order valence-electron chi connectivity index (χ1n) is 9.14. The molecule has 0 radical (unpaired) electrons. The van der Waals surface area contributed by atoms with Crippen molar-refractivity contribution in [2.45, 2.75) is 38.4 Å². The fraction of sp³-hybridized carbons (Fsp3) is 0.632. The van der Waals surface area contributed by atoms with Gasteiger partial charge in [0.25, 0.3) is 5.91 Å². The maximum atomic E-state index is 12.9. The van der Waals surface area contributed by atoms with Crippen LogP contribution in [-0.2, 0) is 4.79 Å². The highest BCUT2D eigenvalue weighted by molar-refractivity contribution is 5.82. The van der Waals surface area contributed by atoms with Gasteiger partial charge in [-0.25, -0.2) is 0 Å². The summed E-state index contributed by atoms with van der Waals surface area (Å²) in [6.45, 7) is 7.17. The Morgan fingerprint density at radius 2 is 1.83 bits per heavy atom. The molecule has 1 amide bonds. The van der Waals surface area contributed by atoms with Gasteiger partial charge in [0.1, 0.15) is 6.10 Å². The van der Waals surface area contributed by atoms with Crippen LogP contribution >= 0.6 is 0 Å². The molecule has 0 N–H and O–H groups in total. The van der Waals surface area contributed by atoms with Gasteiger partial charge in [-0.1, -0.05) is 12.1 Å². The largest absolute Gasteiger partial charge is 0.482 e. The molecule has 0 bridgehead atoms. The predicted octanol–water partition coefficient (Wildman–Crippen LogP) is 2.16. The number of carbonyl (C=O) groups excluding carboxylic acids is 1. The van der Waals surface area contributed by atoms with Crippen molar-refractivity contribution in [3.63, 3.8) is 0 Å². The third-order valence-corrected chi connectivity index (χ3v) is 5.40. The molecule has 2 saturated heterocycles. The maximum Gasteiger partial charge on any atom is 0.267 e. The Labute approximate surface area is 143 Å². The van der Waals surface area contributed by atoms with Gasteiger partial charge in [-0.2, -0.15) is 0 Å². The standard InChI is InChI=1S/C19H26N2O3/c1-14-18(24-17-7-3-2-6-16(17)23-14)19(22)21-11-8-15(13-21)12-20-9-4-5-10-20/h2-3,6-7,14-15,18H,4-5,8-13H2,1H3/t14-,15+,18-/m0/s1. The topological polar surface area (TPSA) is 42.0 Å². The predicted molar refractivity (Wildman–Crippen MR) is 91.3 cm³/mol. The molecule has 3 aliphatic heterocycles. The molecule has 3 heterocycles. The minimum Gasteiger partial charge on any atom is -0.482 e. The van der Waals surface area contributed by atoms with Gasteiger partial charge < -0.3 is 19.3 Å². The van der Waals surface area contributed by atoms with Gasteiger partial charge in [-0.15, -0.1) is 0 Å². The van der Waals surface area contributed by atoms with E-state index in [1.165, 1.54) is 25.9 Å². The number of para-hydroxylation sites is 2. The summed E-state index contributed by atoms with van der Waals surface area (Å²) in [5, 5.41) is 0. The van der Waals surface area contributed by atoms with E-state index in [9.17, 15) is 4.79 Å². The average molecular weight is 330 g/mol. The molecule has 0 saturated carbocycles. The summed E-state index contributed by atoms with van der Waals surface area (Å²) in [5.74, 6) is 2.06. The van der Waals surface area contributed by atoms with Crippen LogP contribution in [0, 0.1) is 5.92 Å². The number of nitrogens with zero attached hydrogens (tertiary/aromatic N) is 2. The minimum absolute atomic E-state index is 0.0703. The number of ether oxygens (including phenoxy) is 2. The molecule has 130 valence electrons. The second-order valence-corrected chi connectivity index (χ2v) is 7.25. The number of fused-ring (bicyclic) bond motifs is 1. The van der Waals surface area contributed by atoms with Crippen LogP contribution in [0.5, 0.6) is 11.5 Å². The zero-order valence-electron chi connectivity index (χ0n) is 14.3. The van der Waals surface area contributed by atoms with Crippen LogP contribution in [0.1, 0.15) is 26.2 Å². The number of carbonyl (C=O) groups is 1. The molecule has 1 aromatic carbocycles. The molecular weight excluding hydrogens is 304 g/mol. The van der Waals surface area contributed by atoms with Crippen LogP contribution < -0.4 is 9.47 Å². The lowest BCUT2D eigenvalue weighted by molar-refractivity contribution is -0.143. The van der Waals surface area contributed by atoms with E-state index in [-0.39, 0.29) is 12.0 Å². The molecule has 24 heavy (non-hydrogen) atoms. The number of benzene rings is 1. The first-order chi connectivity index (χ1) is 11.7. The number of amides is 1. The Morgan fingerprint density at radius 1 is 1.12 bits per heavy atom. The highest BCUT2D eigenvalue weighted by Gasteiger charge is 2.39. The summed E-state index contributed by atoms with van der Waals surface area (Å²) in [4.78, 5) is 17.4. The Morgan fingerprint density at radius 3 is 2.58 bits per heavy atom. The van der Waals surface area contributed by atoms with Crippen molar-refractivity contribution in [3.05, 3.63) is 24.3 Å². The van der Waals surface area contributed by atoms with Crippen LogP contribution in [0.15, 0.2) is 24.3 Å². The summed E-state index contributed by atoms with van der Waals surface area (Å²) in [7, 11) is 0. The van der Waals surface area contributed by atoms with E-state index in [0.717, 1.165) is 31.8 Å². The van der Waals surface area contributed by atoms with E-state index >= 15 is 0 Å².